The minimum atomic E-state index is -0.238. The van der Waals surface area contributed by atoms with Gasteiger partial charge in [-0.25, -0.2) is 9.37 Å². The molecule has 0 bridgehead atoms. The molecule has 0 atom stereocenters. The average molecular weight is 352 g/mol. The predicted molar refractivity (Wildman–Crippen MR) is 107 cm³/mol. The zero-order valence-electron chi connectivity index (χ0n) is 14.6. The first-order valence-corrected chi connectivity index (χ1v) is 8.98. The van der Waals surface area contributed by atoms with Crippen molar-refractivity contribution in [3.05, 3.63) is 108 Å². The summed E-state index contributed by atoms with van der Waals surface area (Å²) in [6.45, 7) is 0. The predicted octanol–water partition coefficient (Wildman–Crippen LogP) is 5.88. The summed E-state index contributed by atoms with van der Waals surface area (Å²) in [5.41, 5.74) is 5.08. The fourth-order valence-corrected chi connectivity index (χ4v) is 3.61. The SMILES string of the molecule is Fc1ccc(-c2nc3c4ccccc4ccn3c2Cc2ccccc2)cc1. The van der Waals surface area contributed by atoms with Gasteiger partial charge in [0.05, 0.1) is 11.4 Å². The van der Waals surface area contributed by atoms with Gasteiger partial charge in [0.2, 0.25) is 0 Å². The molecule has 27 heavy (non-hydrogen) atoms. The lowest BCUT2D eigenvalue weighted by Crippen LogP contribution is -1.97. The highest BCUT2D eigenvalue weighted by Crippen LogP contribution is 2.30. The molecule has 0 aliphatic carbocycles. The molecular weight excluding hydrogens is 335 g/mol. The van der Waals surface area contributed by atoms with Crippen molar-refractivity contribution < 1.29 is 4.39 Å². The Hall–Kier alpha value is -3.46. The largest absolute Gasteiger partial charge is 0.303 e. The molecule has 0 fully saturated rings. The molecule has 0 aliphatic heterocycles. The van der Waals surface area contributed by atoms with Gasteiger partial charge in [0, 0.05) is 23.6 Å². The normalized spacial score (nSPS) is 11.3. The molecule has 0 N–H and O–H groups in total. The Labute approximate surface area is 156 Å². The van der Waals surface area contributed by atoms with Gasteiger partial charge in [0.25, 0.3) is 0 Å². The quantitative estimate of drug-likeness (QED) is 0.396. The van der Waals surface area contributed by atoms with E-state index in [1.54, 1.807) is 12.1 Å². The molecule has 0 unspecified atom stereocenters. The highest BCUT2D eigenvalue weighted by atomic mass is 19.1. The number of hydrogen-bond donors (Lipinski definition) is 0. The van der Waals surface area contributed by atoms with E-state index in [2.05, 4.69) is 40.9 Å². The molecule has 130 valence electrons. The Kier molecular flexibility index (Phi) is 3.72. The van der Waals surface area contributed by atoms with Crippen molar-refractivity contribution >= 4 is 16.4 Å². The van der Waals surface area contributed by atoms with Crippen LogP contribution in [0.2, 0.25) is 0 Å². The molecule has 5 aromatic rings. The van der Waals surface area contributed by atoms with Crippen LogP contribution in [0.1, 0.15) is 11.3 Å². The maximum Gasteiger partial charge on any atom is 0.145 e. The molecular formula is C24H17FN2. The topological polar surface area (TPSA) is 17.3 Å². The van der Waals surface area contributed by atoms with Gasteiger partial charge in [-0.2, -0.15) is 0 Å². The van der Waals surface area contributed by atoms with Gasteiger partial charge in [0.1, 0.15) is 11.5 Å². The van der Waals surface area contributed by atoms with Gasteiger partial charge in [-0.05, 0) is 41.3 Å². The van der Waals surface area contributed by atoms with Crippen molar-refractivity contribution in [3.8, 4) is 11.3 Å². The first-order valence-electron chi connectivity index (χ1n) is 8.98. The molecule has 0 aliphatic rings. The van der Waals surface area contributed by atoms with Gasteiger partial charge >= 0.3 is 0 Å². The van der Waals surface area contributed by atoms with E-state index in [1.165, 1.54) is 17.7 Å². The number of rotatable bonds is 3. The average Bonchev–Trinajstić information content (AvgIpc) is 3.08. The fourth-order valence-electron chi connectivity index (χ4n) is 3.61. The van der Waals surface area contributed by atoms with E-state index >= 15 is 0 Å². The van der Waals surface area contributed by atoms with E-state index in [4.69, 9.17) is 4.98 Å². The third-order valence-corrected chi connectivity index (χ3v) is 4.95. The Morgan fingerprint density at radius 3 is 2.33 bits per heavy atom. The number of aromatic nitrogens is 2. The number of halogens is 1. The van der Waals surface area contributed by atoms with Crippen molar-refractivity contribution in [2.75, 3.05) is 0 Å². The maximum absolute atomic E-state index is 13.4. The Morgan fingerprint density at radius 2 is 1.52 bits per heavy atom. The number of fused-ring (bicyclic) bond motifs is 3. The highest BCUT2D eigenvalue weighted by molar-refractivity contribution is 5.95. The van der Waals surface area contributed by atoms with Crippen LogP contribution in [0.5, 0.6) is 0 Å². The Morgan fingerprint density at radius 1 is 0.778 bits per heavy atom. The van der Waals surface area contributed by atoms with Gasteiger partial charge < -0.3 is 4.40 Å². The summed E-state index contributed by atoms with van der Waals surface area (Å²) < 4.78 is 15.6. The second-order valence-electron chi connectivity index (χ2n) is 6.67. The van der Waals surface area contributed by atoms with Gasteiger partial charge in [-0.3, -0.25) is 0 Å². The monoisotopic (exact) mass is 352 g/mol. The minimum absolute atomic E-state index is 0.238. The van der Waals surface area contributed by atoms with Crippen LogP contribution in [0.15, 0.2) is 91.1 Å². The smallest absolute Gasteiger partial charge is 0.145 e. The molecule has 5 rings (SSSR count). The van der Waals surface area contributed by atoms with E-state index in [-0.39, 0.29) is 5.82 Å². The highest BCUT2D eigenvalue weighted by Gasteiger charge is 2.16. The Bertz CT molecular complexity index is 1240. The van der Waals surface area contributed by atoms with Crippen molar-refractivity contribution in [2.45, 2.75) is 6.42 Å². The van der Waals surface area contributed by atoms with Gasteiger partial charge in [0.15, 0.2) is 0 Å². The summed E-state index contributed by atoms with van der Waals surface area (Å²) in [6, 6.07) is 27.3. The molecule has 2 heterocycles. The van der Waals surface area contributed by atoms with Gasteiger partial charge in [-0.1, -0.05) is 54.6 Å². The molecule has 0 spiro atoms. The van der Waals surface area contributed by atoms with Crippen molar-refractivity contribution in [2.24, 2.45) is 0 Å². The summed E-state index contributed by atoms with van der Waals surface area (Å²) in [6.07, 6.45) is 2.84. The summed E-state index contributed by atoms with van der Waals surface area (Å²) >= 11 is 0. The summed E-state index contributed by atoms with van der Waals surface area (Å²) in [4.78, 5) is 4.98. The molecule has 3 heteroatoms. The second kappa shape index (κ2) is 6.36. The molecule has 0 saturated carbocycles. The number of nitrogens with zero attached hydrogens (tertiary/aromatic N) is 2. The van der Waals surface area contributed by atoms with Crippen LogP contribution in [-0.2, 0) is 6.42 Å². The van der Waals surface area contributed by atoms with E-state index in [9.17, 15) is 4.39 Å². The molecule has 0 saturated heterocycles. The summed E-state index contributed by atoms with van der Waals surface area (Å²) in [5, 5.41) is 2.27. The summed E-state index contributed by atoms with van der Waals surface area (Å²) in [7, 11) is 0. The third kappa shape index (κ3) is 2.77. The molecule has 2 aromatic heterocycles. The zero-order valence-corrected chi connectivity index (χ0v) is 14.6. The van der Waals surface area contributed by atoms with Crippen LogP contribution in [-0.4, -0.2) is 9.38 Å². The van der Waals surface area contributed by atoms with Crippen molar-refractivity contribution in [3.63, 3.8) is 0 Å². The van der Waals surface area contributed by atoms with E-state index in [0.29, 0.717) is 0 Å². The molecule has 0 amide bonds. The standard InChI is InChI=1S/C24H17FN2/c25-20-12-10-19(11-13-20)23-22(16-17-6-2-1-3-7-17)27-15-14-18-8-4-5-9-21(18)24(27)26-23/h1-15H,16H2. The van der Waals surface area contributed by atoms with Crippen molar-refractivity contribution in [1.29, 1.82) is 0 Å². The lowest BCUT2D eigenvalue weighted by Gasteiger charge is -2.07. The molecule has 3 aromatic carbocycles. The van der Waals surface area contributed by atoms with Crippen molar-refractivity contribution in [1.82, 2.24) is 9.38 Å². The number of hydrogen-bond acceptors (Lipinski definition) is 1. The molecule has 0 radical (unpaired) electrons. The fraction of sp³-hybridized carbons (Fsp3) is 0.0417. The minimum Gasteiger partial charge on any atom is -0.303 e. The first kappa shape index (κ1) is 15.8. The van der Waals surface area contributed by atoms with Crippen LogP contribution in [0, 0.1) is 5.82 Å². The van der Waals surface area contributed by atoms with E-state index in [1.807, 2.05) is 30.3 Å². The summed E-state index contributed by atoms with van der Waals surface area (Å²) in [5.74, 6) is -0.238. The second-order valence-corrected chi connectivity index (χ2v) is 6.67. The Balaban J connectivity index is 1.79. The third-order valence-electron chi connectivity index (χ3n) is 4.95. The lowest BCUT2D eigenvalue weighted by molar-refractivity contribution is 0.628. The van der Waals surface area contributed by atoms with E-state index in [0.717, 1.165) is 39.8 Å². The maximum atomic E-state index is 13.4. The number of benzene rings is 3. The van der Waals surface area contributed by atoms with Crippen LogP contribution in [0.3, 0.4) is 0 Å². The first-order chi connectivity index (χ1) is 13.3. The van der Waals surface area contributed by atoms with Crippen LogP contribution < -0.4 is 0 Å². The van der Waals surface area contributed by atoms with Crippen LogP contribution >= 0.6 is 0 Å². The van der Waals surface area contributed by atoms with Crippen LogP contribution in [0.25, 0.3) is 27.7 Å². The lowest BCUT2D eigenvalue weighted by atomic mass is 10.0. The zero-order chi connectivity index (χ0) is 18.2. The van der Waals surface area contributed by atoms with Gasteiger partial charge in [-0.15, -0.1) is 0 Å². The van der Waals surface area contributed by atoms with E-state index < -0.39 is 0 Å². The number of imidazole rings is 1. The van der Waals surface area contributed by atoms with Crippen LogP contribution in [0.4, 0.5) is 4.39 Å². The molecule has 2 nitrogen and oxygen atoms in total. The number of pyridine rings is 1.